The number of hydrogen-bond acceptors (Lipinski definition) is 5. The number of nitrogens with zero attached hydrogens (tertiary/aromatic N) is 3. The third kappa shape index (κ3) is 5.81. The van der Waals surface area contributed by atoms with Gasteiger partial charge in [0.15, 0.2) is 0 Å². The summed E-state index contributed by atoms with van der Waals surface area (Å²) in [5, 5.41) is 7.47. The summed E-state index contributed by atoms with van der Waals surface area (Å²) in [6.07, 6.45) is 1.73. The fourth-order valence-corrected chi connectivity index (χ4v) is 4.05. The van der Waals surface area contributed by atoms with E-state index < -0.39 is 5.82 Å². The summed E-state index contributed by atoms with van der Waals surface area (Å²) < 4.78 is 20.5. The second kappa shape index (κ2) is 10.5. The molecule has 3 aromatic rings. The van der Waals surface area contributed by atoms with E-state index in [4.69, 9.17) is 4.74 Å². The molecule has 0 aliphatic carbocycles. The number of carbonyl (C=O) groups is 1. The average Bonchev–Trinajstić information content (AvgIpc) is 2.83. The first-order valence-corrected chi connectivity index (χ1v) is 11.5. The monoisotopic (exact) mass is 464 g/mol. The number of aromatic nitrogens is 2. The van der Waals surface area contributed by atoms with E-state index in [1.54, 1.807) is 12.1 Å². The van der Waals surface area contributed by atoms with Crippen LogP contribution in [-0.2, 0) is 11.3 Å². The zero-order valence-electron chi connectivity index (χ0n) is 19.4. The van der Waals surface area contributed by atoms with Gasteiger partial charge in [-0.05, 0) is 68.7 Å². The van der Waals surface area contributed by atoms with E-state index in [9.17, 15) is 14.0 Å². The molecule has 1 aliphatic rings. The van der Waals surface area contributed by atoms with E-state index in [1.165, 1.54) is 28.9 Å². The smallest absolute Gasteiger partial charge is 0.271 e. The molecule has 0 spiro atoms. The van der Waals surface area contributed by atoms with Crippen LogP contribution < -0.4 is 20.5 Å². The number of piperidine rings is 1. The maximum Gasteiger partial charge on any atom is 0.271 e. The van der Waals surface area contributed by atoms with E-state index in [1.807, 2.05) is 43.0 Å². The zero-order chi connectivity index (χ0) is 24.1. The van der Waals surface area contributed by atoms with Crippen LogP contribution in [0.4, 0.5) is 10.2 Å². The molecule has 1 aliphatic heterocycles. The Labute approximate surface area is 198 Å². The van der Waals surface area contributed by atoms with Crippen molar-refractivity contribution < 1.29 is 13.9 Å². The predicted molar refractivity (Wildman–Crippen MR) is 129 cm³/mol. The van der Waals surface area contributed by atoms with Gasteiger partial charge in [-0.25, -0.2) is 4.39 Å². The number of anilines is 1. The Morgan fingerprint density at radius 1 is 1.18 bits per heavy atom. The first kappa shape index (κ1) is 23.5. The van der Waals surface area contributed by atoms with Crippen LogP contribution in [0.5, 0.6) is 5.75 Å². The van der Waals surface area contributed by atoms with Crippen molar-refractivity contribution in [3.05, 3.63) is 82.4 Å². The standard InChI is InChI=1S/C26H29FN4O3/c1-18(2)34-23-10-8-19(9-11-23)16-28-26(33)20-5-4-14-30(17-20)24-12-13-25(32)31(29-24)22-7-3-6-21(27)15-22/h3,6-13,15,18,20H,4-5,14,16-17H2,1-2H3,(H,28,33)/t20-/m0/s1. The largest absolute Gasteiger partial charge is 0.491 e. The van der Waals surface area contributed by atoms with Gasteiger partial charge in [0.2, 0.25) is 5.91 Å². The summed E-state index contributed by atoms with van der Waals surface area (Å²) in [6.45, 7) is 5.64. The molecular weight excluding hydrogens is 435 g/mol. The number of rotatable bonds is 7. The van der Waals surface area contributed by atoms with Crippen LogP contribution in [0.15, 0.2) is 65.5 Å². The minimum atomic E-state index is -0.437. The number of halogens is 1. The lowest BCUT2D eigenvalue weighted by molar-refractivity contribution is -0.125. The maximum absolute atomic E-state index is 13.6. The van der Waals surface area contributed by atoms with Gasteiger partial charge in [-0.15, -0.1) is 5.10 Å². The topological polar surface area (TPSA) is 76.5 Å². The van der Waals surface area contributed by atoms with Crippen LogP contribution in [0.1, 0.15) is 32.3 Å². The molecule has 1 aromatic heterocycles. The second-order valence-corrected chi connectivity index (χ2v) is 8.73. The second-order valence-electron chi connectivity index (χ2n) is 8.73. The van der Waals surface area contributed by atoms with Crippen LogP contribution in [0.2, 0.25) is 0 Å². The van der Waals surface area contributed by atoms with Crippen molar-refractivity contribution in [2.75, 3.05) is 18.0 Å². The molecular formula is C26H29FN4O3. The molecule has 2 heterocycles. The third-order valence-electron chi connectivity index (χ3n) is 5.72. The first-order valence-electron chi connectivity index (χ1n) is 11.5. The molecule has 1 saturated heterocycles. The van der Waals surface area contributed by atoms with Crippen molar-refractivity contribution in [1.29, 1.82) is 0 Å². The molecule has 1 N–H and O–H groups in total. The molecule has 2 aromatic carbocycles. The third-order valence-corrected chi connectivity index (χ3v) is 5.72. The molecule has 0 unspecified atom stereocenters. The van der Waals surface area contributed by atoms with Crippen LogP contribution in [0.3, 0.4) is 0 Å². The van der Waals surface area contributed by atoms with Crippen molar-refractivity contribution in [2.45, 2.75) is 39.3 Å². The Balaban J connectivity index is 1.40. The SMILES string of the molecule is CC(C)Oc1ccc(CNC(=O)[C@H]2CCCN(c3ccc(=O)n(-c4cccc(F)c4)n3)C2)cc1. The van der Waals surface area contributed by atoms with E-state index in [0.717, 1.165) is 30.7 Å². The minimum absolute atomic E-state index is 0.00865. The van der Waals surface area contributed by atoms with Gasteiger partial charge in [0, 0.05) is 25.7 Å². The Bertz CT molecular complexity index is 1190. The van der Waals surface area contributed by atoms with Crippen molar-refractivity contribution in [1.82, 2.24) is 15.1 Å². The number of benzene rings is 2. The molecule has 1 atom stereocenters. The summed E-state index contributed by atoms with van der Waals surface area (Å²) in [7, 11) is 0. The van der Waals surface area contributed by atoms with Crippen LogP contribution in [0.25, 0.3) is 5.69 Å². The van der Waals surface area contributed by atoms with E-state index >= 15 is 0 Å². The number of nitrogens with one attached hydrogen (secondary N) is 1. The van der Waals surface area contributed by atoms with E-state index in [0.29, 0.717) is 24.6 Å². The van der Waals surface area contributed by atoms with Crippen LogP contribution in [-0.4, -0.2) is 34.9 Å². The quantitative estimate of drug-likeness (QED) is 0.577. The Kier molecular flexibility index (Phi) is 7.25. The highest BCUT2D eigenvalue weighted by Crippen LogP contribution is 2.22. The van der Waals surface area contributed by atoms with E-state index in [2.05, 4.69) is 10.4 Å². The van der Waals surface area contributed by atoms with Gasteiger partial charge >= 0.3 is 0 Å². The minimum Gasteiger partial charge on any atom is -0.491 e. The van der Waals surface area contributed by atoms with Gasteiger partial charge in [0.25, 0.3) is 5.56 Å². The summed E-state index contributed by atoms with van der Waals surface area (Å²) in [4.78, 5) is 27.2. The summed E-state index contributed by atoms with van der Waals surface area (Å²) in [6, 6.07) is 16.5. The highest BCUT2D eigenvalue weighted by molar-refractivity contribution is 5.79. The number of carbonyl (C=O) groups excluding carboxylic acids is 1. The fourth-order valence-electron chi connectivity index (χ4n) is 4.05. The van der Waals surface area contributed by atoms with Crippen LogP contribution in [0, 0.1) is 11.7 Å². The molecule has 0 saturated carbocycles. The van der Waals surface area contributed by atoms with Crippen molar-refractivity contribution in [2.24, 2.45) is 5.92 Å². The molecule has 1 fully saturated rings. The van der Waals surface area contributed by atoms with Gasteiger partial charge in [-0.3, -0.25) is 9.59 Å². The van der Waals surface area contributed by atoms with Crippen molar-refractivity contribution in [3.8, 4) is 11.4 Å². The average molecular weight is 465 g/mol. The molecule has 8 heteroatoms. The van der Waals surface area contributed by atoms with Crippen molar-refractivity contribution in [3.63, 3.8) is 0 Å². The van der Waals surface area contributed by atoms with Gasteiger partial charge in [-0.1, -0.05) is 18.2 Å². The zero-order valence-corrected chi connectivity index (χ0v) is 19.4. The Hall–Kier alpha value is -3.68. The molecule has 4 rings (SSSR count). The molecule has 34 heavy (non-hydrogen) atoms. The van der Waals surface area contributed by atoms with Gasteiger partial charge in [0.1, 0.15) is 17.4 Å². The summed E-state index contributed by atoms with van der Waals surface area (Å²) >= 11 is 0. The van der Waals surface area contributed by atoms with Gasteiger partial charge in [0.05, 0.1) is 17.7 Å². The Morgan fingerprint density at radius 2 is 1.97 bits per heavy atom. The highest BCUT2D eigenvalue weighted by atomic mass is 19.1. The predicted octanol–water partition coefficient (Wildman–Crippen LogP) is 3.69. The Morgan fingerprint density at radius 3 is 2.71 bits per heavy atom. The fraction of sp³-hybridized carbons (Fsp3) is 0.346. The van der Waals surface area contributed by atoms with Crippen LogP contribution >= 0.6 is 0 Å². The summed E-state index contributed by atoms with van der Waals surface area (Å²) in [5.41, 5.74) is 1.02. The summed E-state index contributed by atoms with van der Waals surface area (Å²) in [5.74, 6) is 0.759. The molecule has 178 valence electrons. The van der Waals surface area contributed by atoms with Crippen molar-refractivity contribution >= 4 is 11.7 Å². The number of ether oxygens (including phenoxy) is 1. The lowest BCUT2D eigenvalue weighted by atomic mass is 9.97. The molecule has 7 nitrogen and oxygen atoms in total. The molecule has 0 bridgehead atoms. The van der Waals surface area contributed by atoms with Gasteiger partial charge in [-0.2, -0.15) is 4.68 Å². The highest BCUT2D eigenvalue weighted by Gasteiger charge is 2.27. The number of hydrogen-bond donors (Lipinski definition) is 1. The van der Waals surface area contributed by atoms with Gasteiger partial charge < -0.3 is 15.0 Å². The maximum atomic E-state index is 13.6. The first-order chi connectivity index (χ1) is 16.4. The number of amides is 1. The normalized spacial score (nSPS) is 15.9. The molecule has 1 amide bonds. The lowest BCUT2D eigenvalue weighted by Crippen LogP contribution is -2.43. The lowest BCUT2D eigenvalue weighted by Gasteiger charge is -2.33. The molecule has 0 radical (unpaired) electrons. The van der Waals surface area contributed by atoms with E-state index in [-0.39, 0.29) is 23.5 Å².